The van der Waals surface area contributed by atoms with Gasteiger partial charge in [-0.15, -0.1) is 0 Å². The molecular formula is Bi2O9W2. The molecule has 0 aromatic heterocycles. The first-order valence-corrected chi connectivity index (χ1v) is 0. The number of hydrogen-bond acceptors (Lipinski definition) is 0. The normalized spacial score (nSPS) is 0. The Morgan fingerprint density at radius 2 is 0.231 bits per heavy atom. The Bertz CT molecular complexity index is 15.6. The van der Waals surface area contributed by atoms with Crippen molar-refractivity contribution in [3.8, 4) is 0 Å². The van der Waals surface area contributed by atoms with Gasteiger partial charge in [0.25, 0.3) is 0 Å². The van der Waals surface area contributed by atoms with Crippen molar-refractivity contribution in [1.82, 2.24) is 0 Å². The quantitative estimate of drug-likeness (QED) is 0.243. The minimum absolute atomic E-state index is 0. The van der Waals surface area contributed by atoms with Crippen molar-refractivity contribution >= 4 is 52.4 Å². The van der Waals surface area contributed by atoms with Gasteiger partial charge in [0.05, 0.1) is 0 Å². The van der Waals surface area contributed by atoms with E-state index in [1.54, 1.807) is 0 Å². The van der Waals surface area contributed by atoms with Gasteiger partial charge in [0.1, 0.15) is 0 Å². The van der Waals surface area contributed by atoms with E-state index >= 15 is 0 Å². The molecule has 0 spiro atoms. The third kappa shape index (κ3) is 312. The third-order valence-electron chi connectivity index (χ3n) is 0. The number of hydrogen-bond donors (Lipinski definition) is 0. The first kappa shape index (κ1) is 445. The molecule has 4 radical (unpaired) electrons. The molecule has 0 aliphatic carbocycles. The summed E-state index contributed by atoms with van der Waals surface area (Å²) in [4.78, 5) is 0. The molecule has 0 aromatic carbocycles. The van der Waals surface area contributed by atoms with Gasteiger partial charge in [-0.3, -0.25) is 0 Å². The topological polar surface area (TPSA) is 256 Å². The Kier molecular flexibility index (Phi) is 12400. The van der Waals surface area contributed by atoms with E-state index in [2.05, 4.69) is 0 Å². The Morgan fingerprint density at radius 3 is 0.231 bits per heavy atom. The van der Waals surface area contributed by atoms with Crippen molar-refractivity contribution in [2.75, 3.05) is 0 Å². The van der Waals surface area contributed by atoms with E-state index in [1.807, 2.05) is 0 Å². The van der Waals surface area contributed by atoms with Gasteiger partial charge in [-0.25, -0.2) is 0 Å². The van der Waals surface area contributed by atoms with Gasteiger partial charge < -0.3 is 49.3 Å². The summed E-state index contributed by atoms with van der Waals surface area (Å²) in [5.74, 6) is 0. The smallest absolute Gasteiger partial charge is 2.00 e. The zero-order valence-corrected chi connectivity index (χ0v) is 18.2. The Balaban J connectivity index is 0. The van der Waals surface area contributed by atoms with Crippen LogP contribution in [0.15, 0.2) is 0 Å². The first-order valence-electron chi connectivity index (χ1n) is 0. The van der Waals surface area contributed by atoms with Gasteiger partial charge in [-0.2, -0.15) is 0 Å². The van der Waals surface area contributed by atoms with Gasteiger partial charge in [-0.1, -0.05) is 0 Å². The molecule has 0 unspecified atom stereocenters. The molecule has 0 fully saturated rings. The van der Waals surface area contributed by atoms with E-state index in [4.69, 9.17) is 0 Å². The van der Waals surface area contributed by atoms with E-state index in [0.29, 0.717) is 0 Å². The van der Waals surface area contributed by atoms with Crippen LogP contribution in [0.5, 0.6) is 0 Å². The minimum Gasteiger partial charge on any atom is -2.00 e. The van der Waals surface area contributed by atoms with Crippen LogP contribution >= 0.6 is 0 Å². The molecule has 0 heterocycles. The molecule has 0 saturated heterocycles. The van der Waals surface area contributed by atoms with Crippen LogP contribution in [-0.2, 0) is 91.4 Å². The Labute approximate surface area is 142 Å². The molecule has 0 atom stereocenters. The monoisotopic (exact) mass is 930 g/mol. The van der Waals surface area contributed by atoms with Gasteiger partial charge in [-0.05, 0) is 0 Å². The summed E-state index contributed by atoms with van der Waals surface area (Å²) < 4.78 is 0. The molecule has 9 nitrogen and oxygen atoms in total. The Morgan fingerprint density at radius 1 is 0.231 bits per heavy atom. The van der Waals surface area contributed by atoms with Gasteiger partial charge in [0, 0.05) is 0 Å². The molecule has 13 heavy (non-hydrogen) atoms. The summed E-state index contributed by atoms with van der Waals surface area (Å²) in [6.07, 6.45) is 0. The molecule has 0 saturated carbocycles. The van der Waals surface area contributed by atoms with Gasteiger partial charge in [0.15, 0.2) is 0 Å². The average Bonchev–Trinajstić information content (AvgIpc) is 0. The van der Waals surface area contributed by atoms with Crippen molar-refractivity contribution in [2.45, 2.75) is 0 Å². The van der Waals surface area contributed by atoms with Crippen LogP contribution in [0.1, 0.15) is 0 Å². The molecular weight excluding hydrogens is 930 g/mol. The van der Waals surface area contributed by atoms with Crippen LogP contribution in [-0.4, -0.2) is 52.4 Å². The van der Waals surface area contributed by atoms with E-state index in [0.717, 1.165) is 0 Å². The third-order valence-corrected chi connectivity index (χ3v) is 0. The molecule has 0 aliphatic rings. The summed E-state index contributed by atoms with van der Waals surface area (Å²) in [5, 5.41) is 0. The van der Waals surface area contributed by atoms with E-state index in [9.17, 15) is 0 Å². The molecule has 76 valence electrons. The SMILES string of the molecule is [Bi+3].[Bi+3].[O-2].[O-2].[O-2].[O-2].[O-2].[O-2].[O-2].[O-2].[O-2].[W+6].[W+6]. The average molecular weight is 930 g/mol. The van der Waals surface area contributed by atoms with Crippen molar-refractivity contribution in [3.63, 3.8) is 0 Å². The fourth-order valence-electron chi connectivity index (χ4n) is 0. The summed E-state index contributed by atoms with van der Waals surface area (Å²) in [7, 11) is 0. The summed E-state index contributed by atoms with van der Waals surface area (Å²) in [6, 6.07) is 0. The zero-order valence-electron chi connectivity index (χ0n) is 5.39. The maximum absolute atomic E-state index is 0. The van der Waals surface area contributed by atoms with E-state index in [-0.39, 0.29) is 144 Å². The van der Waals surface area contributed by atoms with Crippen LogP contribution in [0.4, 0.5) is 0 Å². The fraction of sp³-hybridized carbons (Fsp3) is 0. The number of rotatable bonds is 0. The van der Waals surface area contributed by atoms with Gasteiger partial charge in [0.2, 0.25) is 0 Å². The van der Waals surface area contributed by atoms with Crippen molar-refractivity contribution in [3.05, 3.63) is 0 Å². The maximum atomic E-state index is 0. The molecule has 0 bridgehead atoms. The van der Waals surface area contributed by atoms with E-state index in [1.165, 1.54) is 0 Å². The van der Waals surface area contributed by atoms with Crippen LogP contribution in [0.25, 0.3) is 0 Å². The maximum Gasteiger partial charge on any atom is 6.00 e. The molecule has 0 aromatic rings. The van der Waals surface area contributed by atoms with E-state index < -0.39 is 0 Å². The second-order valence-electron chi connectivity index (χ2n) is 0. The summed E-state index contributed by atoms with van der Waals surface area (Å²) in [6.45, 7) is 0. The minimum atomic E-state index is 0. The summed E-state index contributed by atoms with van der Waals surface area (Å²) in [5.41, 5.74) is 0. The molecule has 13 heteroatoms. The molecule has 0 N–H and O–H groups in total. The zero-order chi connectivity index (χ0) is 0. The van der Waals surface area contributed by atoms with Crippen molar-refractivity contribution < 1.29 is 91.4 Å². The van der Waals surface area contributed by atoms with Crippen LogP contribution in [0.3, 0.4) is 0 Å². The van der Waals surface area contributed by atoms with Crippen LogP contribution in [0.2, 0.25) is 0 Å². The molecule has 0 aliphatic heterocycles. The largest absolute Gasteiger partial charge is 6.00 e. The Hall–Kier alpha value is 2.78. The molecule has 0 rings (SSSR count). The van der Waals surface area contributed by atoms with Crippen LogP contribution in [0, 0.1) is 0 Å². The predicted molar refractivity (Wildman–Crippen MR) is 17.7 cm³/mol. The first-order chi connectivity index (χ1) is 0. The second kappa shape index (κ2) is 363. The van der Waals surface area contributed by atoms with Gasteiger partial charge >= 0.3 is 94.5 Å². The fourth-order valence-corrected chi connectivity index (χ4v) is 0. The second-order valence-corrected chi connectivity index (χ2v) is 0. The van der Waals surface area contributed by atoms with Crippen molar-refractivity contribution in [2.24, 2.45) is 0 Å². The predicted octanol–water partition coefficient (Wildman–Crippen LogP) is -1.84. The van der Waals surface area contributed by atoms with Crippen molar-refractivity contribution in [1.29, 1.82) is 0 Å². The molecule has 0 amide bonds. The summed E-state index contributed by atoms with van der Waals surface area (Å²) >= 11 is 0. The van der Waals surface area contributed by atoms with Crippen LogP contribution < -0.4 is 0 Å². The standard InChI is InChI=1S/2Bi.9O.2W/q2*+3;9*-2;2*+6.